The van der Waals surface area contributed by atoms with E-state index in [1.807, 2.05) is 6.07 Å². The van der Waals surface area contributed by atoms with Crippen molar-refractivity contribution in [2.45, 2.75) is 5.92 Å². The third kappa shape index (κ3) is 3.21. The molecule has 2 N–H and O–H groups in total. The van der Waals surface area contributed by atoms with Crippen molar-refractivity contribution in [3.05, 3.63) is 48.3 Å². The van der Waals surface area contributed by atoms with E-state index in [0.717, 1.165) is 0 Å². The van der Waals surface area contributed by atoms with Crippen molar-refractivity contribution < 1.29 is 24.1 Å². The lowest BCUT2D eigenvalue weighted by molar-refractivity contribution is -0.139. The molecule has 3 rings (SSSR count). The molecule has 0 fully saturated rings. The number of carboxylic acids is 1. The minimum Gasteiger partial charge on any atom is -0.494 e. The highest BCUT2D eigenvalue weighted by Gasteiger charge is 2.25. The lowest BCUT2D eigenvalue weighted by Gasteiger charge is -2.17. The topological polar surface area (TPSA) is 93.7 Å². The quantitative estimate of drug-likeness (QED) is 0.686. The lowest BCUT2D eigenvalue weighted by Crippen LogP contribution is -2.20. The average Bonchev–Trinajstić information content (AvgIpc) is 3.12. The smallest absolute Gasteiger partial charge is 0.314 e. The first-order chi connectivity index (χ1) is 12.2. The largest absolute Gasteiger partial charge is 0.494 e. The van der Waals surface area contributed by atoms with Gasteiger partial charge < -0.3 is 24.3 Å². The molecule has 0 aliphatic carbocycles. The molecule has 7 nitrogen and oxygen atoms in total. The van der Waals surface area contributed by atoms with Gasteiger partial charge >= 0.3 is 5.97 Å². The first kappa shape index (κ1) is 16.6. The van der Waals surface area contributed by atoms with Gasteiger partial charge in [-0.2, -0.15) is 0 Å². The van der Waals surface area contributed by atoms with Crippen LogP contribution in [0.3, 0.4) is 0 Å². The second-order valence-electron chi connectivity index (χ2n) is 5.34. The Bertz CT molecular complexity index is 890. The molecular weight excluding hydrogens is 324 g/mol. The number of ether oxygens (including phenoxy) is 3. The van der Waals surface area contributed by atoms with E-state index in [1.54, 1.807) is 37.4 Å². The number of aromatic nitrogens is 2. The fraction of sp³-hybridized carbons (Fsp3) is 0.222. The molecule has 1 atom stereocenters. The minimum atomic E-state index is -0.990. The van der Waals surface area contributed by atoms with E-state index in [-0.39, 0.29) is 6.61 Å². The SMILES string of the molecule is COc1ccccc1OCC(C(=O)O)c1ccc(OC)c2nc[nH]c12. The molecule has 0 saturated heterocycles. The van der Waals surface area contributed by atoms with Crippen LogP contribution in [0.25, 0.3) is 11.0 Å². The number of nitrogens with one attached hydrogen (secondary N) is 1. The van der Waals surface area contributed by atoms with Crippen LogP contribution in [-0.4, -0.2) is 41.9 Å². The van der Waals surface area contributed by atoms with Crippen molar-refractivity contribution in [3.63, 3.8) is 0 Å². The van der Waals surface area contributed by atoms with Crippen LogP contribution in [0.4, 0.5) is 0 Å². The van der Waals surface area contributed by atoms with Gasteiger partial charge in [-0.25, -0.2) is 4.98 Å². The number of aliphatic carboxylic acids is 1. The summed E-state index contributed by atoms with van der Waals surface area (Å²) >= 11 is 0. The number of carbonyl (C=O) groups is 1. The highest BCUT2D eigenvalue weighted by molar-refractivity contribution is 5.89. The number of imidazole rings is 1. The van der Waals surface area contributed by atoms with E-state index in [1.165, 1.54) is 13.4 Å². The summed E-state index contributed by atoms with van der Waals surface area (Å²) in [5.41, 5.74) is 1.79. The van der Waals surface area contributed by atoms with Gasteiger partial charge in [-0.05, 0) is 23.8 Å². The van der Waals surface area contributed by atoms with Gasteiger partial charge in [0.1, 0.15) is 23.8 Å². The molecule has 0 spiro atoms. The van der Waals surface area contributed by atoms with Crippen LogP contribution in [0.5, 0.6) is 17.2 Å². The summed E-state index contributed by atoms with van der Waals surface area (Å²) in [4.78, 5) is 19.0. The van der Waals surface area contributed by atoms with E-state index in [0.29, 0.717) is 33.8 Å². The Morgan fingerprint density at radius 3 is 2.52 bits per heavy atom. The number of fused-ring (bicyclic) bond motifs is 1. The number of hydrogen-bond acceptors (Lipinski definition) is 5. The normalized spacial score (nSPS) is 11.9. The van der Waals surface area contributed by atoms with Crippen molar-refractivity contribution in [1.29, 1.82) is 0 Å². The Hall–Kier alpha value is -3.22. The Kier molecular flexibility index (Phi) is 4.74. The molecule has 1 aromatic heterocycles. The zero-order valence-electron chi connectivity index (χ0n) is 13.9. The predicted octanol–water partition coefficient (Wildman–Crippen LogP) is 2.83. The molecule has 0 radical (unpaired) electrons. The van der Waals surface area contributed by atoms with Crippen LogP contribution in [0.15, 0.2) is 42.7 Å². The molecule has 0 amide bonds. The molecule has 1 heterocycles. The van der Waals surface area contributed by atoms with Gasteiger partial charge in [0, 0.05) is 0 Å². The van der Waals surface area contributed by atoms with Crippen molar-refractivity contribution in [2.75, 3.05) is 20.8 Å². The Morgan fingerprint density at radius 2 is 1.84 bits per heavy atom. The monoisotopic (exact) mass is 342 g/mol. The van der Waals surface area contributed by atoms with Crippen LogP contribution in [-0.2, 0) is 4.79 Å². The van der Waals surface area contributed by atoms with Crippen LogP contribution >= 0.6 is 0 Å². The summed E-state index contributed by atoms with van der Waals surface area (Å²) in [7, 11) is 3.08. The van der Waals surface area contributed by atoms with E-state index in [4.69, 9.17) is 14.2 Å². The number of benzene rings is 2. The molecule has 2 aromatic carbocycles. The van der Waals surface area contributed by atoms with Crippen molar-refractivity contribution >= 4 is 17.0 Å². The van der Waals surface area contributed by atoms with Crippen LogP contribution < -0.4 is 14.2 Å². The minimum absolute atomic E-state index is 0.0455. The molecule has 0 aliphatic heterocycles. The number of hydrogen-bond donors (Lipinski definition) is 2. The second-order valence-corrected chi connectivity index (χ2v) is 5.34. The maximum absolute atomic E-state index is 11.8. The number of nitrogens with zero attached hydrogens (tertiary/aromatic N) is 1. The lowest BCUT2D eigenvalue weighted by atomic mass is 9.98. The summed E-state index contributed by atoms with van der Waals surface area (Å²) in [6.07, 6.45) is 1.51. The summed E-state index contributed by atoms with van der Waals surface area (Å²) in [5, 5.41) is 9.68. The molecular formula is C18H18N2O5. The van der Waals surface area contributed by atoms with Gasteiger partial charge in [0.15, 0.2) is 11.5 Å². The van der Waals surface area contributed by atoms with Crippen LogP contribution in [0, 0.1) is 0 Å². The maximum atomic E-state index is 11.8. The Morgan fingerprint density at radius 1 is 1.12 bits per heavy atom. The van der Waals surface area contributed by atoms with E-state index < -0.39 is 11.9 Å². The summed E-state index contributed by atoms with van der Waals surface area (Å²) in [5.74, 6) is -0.247. The highest BCUT2D eigenvalue weighted by Crippen LogP contribution is 2.32. The first-order valence-electron chi connectivity index (χ1n) is 7.64. The van der Waals surface area contributed by atoms with Crippen molar-refractivity contribution in [3.8, 4) is 17.2 Å². The third-order valence-electron chi connectivity index (χ3n) is 3.94. The first-order valence-corrected chi connectivity index (χ1v) is 7.64. The third-order valence-corrected chi connectivity index (χ3v) is 3.94. The van der Waals surface area contributed by atoms with Crippen molar-refractivity contribution in [1.82, 2.24) is 9.97 Å². The second kappa shape index (κ2) is 7.12. The average molecular weight is 342 g/mol. The van der Waals surface area contributed by atoms with Crippen LogP contribution in [0.1, 0.15) is 11.5 Å². The van der Waals surface area contributed by atoms with Gasteiger partial charge in [0.2, 0.25) is 0 Å². The molecule has 0 saturated carbocycles. The number of aromatic amines is 1. The van der Waals surface area contributed by atoms with Crippen LogP contribution in [0.2, 0.25) is 0 Å². The Balaban J connectivity index is 1.92. The summed E-state index contributed by atoms with van der Waals surface area (Å²) in [6.45, 7) is -0.0455. The fourth-order valence-electron chi connectivity index (χ4n) is 2.69. The standard InChI is InChI=1S/C18H18N2O5/c1-23-13-5-3-4-6-14(13)25-9-12(18(21)22)11-7-8-15(24-2)17-16(11)19-10-20-17/h3-8,10,12H,9H2,1-2H3,(H,19,20)(H,21,22). The summed E-state index contributed by atoms with van der Waals surface area (Å²) < 4.78 is 16.2. The van der Waals surface area contributed by atoms with Gasteiger partial charge in [-0.1, -0.05) is 18.2 Å². The number of H-pyrrole nitrogens is 1. The highest BCUT2D eigenvalue weighted by atomic mass is 16.5. The van der Waals surface area contributed by atoms with E-state index >= 15 is 0 Å². The van der Waals surface area contributed by atoms with Gasteiger partial charge in [0.25, 0.3) is 0 Å². The number of para-hydroxylation sites is 2. The van der Waals surface area contributed by atoms with Crippen molar-refractivity contribution in [2.24, 2.45) is 0 Å². The number of carboxylic acid groups (broad SMARTS) is 1. The van der Waals surface area contributed by atoms with Gasteiger partial charge in [-0.3, -0.25) is 4.79 Å². The molecule has 0 bridgehead atoms. The zero-order valence-corrected chi connectivity index (χ0v) is 13.9. The number of methoxy groups -OCH3 is 2. The zero-order chi connectivity index (χ0) is 17.8. The Labute approximate surface area is 144 Å². The fourth-order valence-corrected chi connectivity index (χ4v) is 2.69. The summed E-state index contributed by atoms with van der Waals surface area (Å²) in [6, 6.07) is 10.5. The molecule has 1 unspecified atom stereocenters. The maximum Gasteiger partial charge on any atom is 0.314 e. The number of rotatable bonds is 7. The molecule has 25 heavy (non-hydrogen) atoms. The molecule has 130 valence electrons. The van der Waals surface area contributed by atoms with E-state index in [9.17, 15) is 9.90 Å². The van der Waals surface area contributed by atoms with Gasteiger partial charge in [-0.15, -0.1) is 0 Å². The molecule has 3 aromatic rings. The predicted molar refractivity (Wildman–Crippen MR) is 91.5 cm³/mol. The van der Waals surface area contributed by atoms with Gasteiger partial charge in [0.05, 0.1) is 26.1 Å². The molecule has 7 heteroatoms. The van der Waals surface area contributed by atoms with E-state index in [2.05, 4.69) is 9.97 Å². The molecule has 0 aliphatic rings.